The molecule has 2 aromatic rings. The van der Waals surface area contributed by atoms with E-state index < -0.39 is 0 Å². The molecule has 0 saturated heterocycles. The highest BCUT2D eigenvalue weighted by atomic mass is 35.5. The number of halogens is 2. The molecule has 0 N–H and O–H groups in total. The molecule has 1 fully saturated rings. The Bertz CT molecular complexity index is 751. The quantitative estimate of drug-likeness (QED) is 0.437. The van der Waals surface area contributed by atoms with Gasteiger partial charge in [-0.3, -0.25) is 4.79 Å². The Labute approximate surface area is 152 Å². The van der Waals surface area contributed by atoms with Gasteiger partial charge in [0.05, 0.1) is 0 Å². The van der Waals surface area contributed by atoms with Crippen LogP contribution in [0.5, 0.6) is 0 Å². The minimum atomic E-state index is 0.132. The molecular weight excluding hydrogens is 339 g/mol. The standard InChI is InChI=1S/C21H18Cl2O/c22-19-9-3-5-15(13-19)11-17-7-1-2-8-18(21(17)24)12-16-6-4-10-20(23)14-16/h3-6,9-14H,1-2,7-8H2. The van der Waals surface area contributed by atoms with Crippen molar-refractivity contribution in [2.24, 2.45) is 0 Å². The molecule has 0 unspecified atom stereocenters. The van der Waals surface area contributed by atoms with Crippen molar-refractivity contribution in [3.8, 4) is 0 Å². The Morgan fingerprint density at radius 2 is 1.21 bits per heavy atom. The highest BCUT2D eigenvalue weighted by Crippen LogP contribution is 2.28. The number of carbonyl (C=O) groups is 1. The lowest BCUT2D eigenvalue weighted by Gasteiger charge is -2.06. The van der Waals surface area contributed by atoms with Crippen LogP contribution < -0.4 is 0 Å². The molecule has 0 spiro atoms. The largest absolute Gasteiger partial charge is 0.289 e. The van der Waals surface area contributed by atoms with E-state index in [0.717, 1.165) is 48.0 Å². The van der Waals surface area contributed by atoms with Crippen molar-refractivity contribution in [1.29, 1.82) is 0 Å². The zero-order chi connectivity index (χ0) is 16.9. The Kier molecular flexibility index (Phi) is 5.55. The van der Waals surface area contributed by atoms with Crippen molar-refractivity contribution in [3.63, 3.8) is 0 Å². The molecule has 1 saturated carbocycles. The zero-order valence-electron chi connectivity index (χ0n) is 13.3. The highest BCUT2D eigenvalue weighted by Gasteiger charge is 2.18. The smallest absolute Gasteiger partial charge is 0.185 e. The van der Waals surface area contributed by atoms with Crippen LogP contribution >= 0.6 is 23.2 Å². The van der Waals surface area contributed by atoms with Gasteiger partial charge in [-0.25, -0.2) is 0 Å². The SMILES string of the molecule is O=C1C(=Cc2cccc(Cl)c2)CCCCC1=Cc1cccc(Cl)c1. The van der Waals surface area contributed by atoms with Crippen LogP contribution in [-0.4, -0.2) is 5.78 Å². The molecule has 0 heterocycles. The number of ketones is 1. The summed E-state index contributed by atoms with van der Waals surface area (Å²) in [5, 5.41) is 1.36. The highest BCUT2D eigenvalue weighted by molar-refractivity contribution is 6.31. The van der Waals surface area contributed by atoms with Crippen molar-refractivity contribution >= 4 is 41.1 Å². The summed E-state index contributed by atoms with van der Waals surface area (Å²) in [6.07, 6.45) is 7.57. The monoisotopic (exact) mass is 356 g/mol. The van der Waals surface area contributed by atoms with Crippen LogP contribution in [0, 0.1) is 0 Å². The third-order valence-corrected chi connectivity index (χ3v) is 4.57. The van der Waals surface area contributed by atoms with E-state index in [-0.39, 0.29) is 5.78 Å². The fourth-order valence-corrected chi connectivity index (χ4v) is 3.33. The van der Waals surface area contributed by atoms with Crippen LogP contribution in [0.4, 0.5) is 0 Å². The Morgan fingerprint density at radius 1 is 0.750 bits per heavy atom. The van der Waals surface area contributed by atoms with Crippen molar-refractivity contribution in [2.75, 3.05) is 0 Å². The molecule has 24 heavy (non-hydrogen) atoms. The van der Waals surface area contributed by atoms with Gasteiger partial charge < -0.3 is 0 Å². The number of carbonyl (C=O) groups excluding carboxylic acids is 1. The molecule has 0 atom stereocenters. The summed E-state index contributed by atoms with van der Waals surface area (Å²) in [5.74, 6) is 0.132. The van der Waals surface area contributed by atoms with Gasteiger partial charge in [0.25, 0.3) is 0 Å². The predicted molar refractivity (Wildman–Crippen MR) is 102 cm³/mol. The molecule has 0 amide bonds. The lowest BCUT2D eigenvalue weighted by atomic mass is 9.98. The van der Waals surface area contributed by atoms with E-state index in [4.69, 9.17) is 23.2 Å². The summed E-state index contributed by atoms with van der Waals surface area (Å²) in [6.45, 7) is 0. The summed E-state index contributed by atoms with van der Waals surface area (Å²) in [6, 6.07) is 15.2. The second kappa shape index (κ2) is 7.83. The predicted octanol–water partition coefficient (Wildman–Crippen LogP) is 6.60. The van der Waals surface area contributed by atoms with Gasteiger partial charge in [0, 0.05) is 21.2 Å². The van der Waals surface area contributed by atoms with Gasteiger partial charge in [-0.2, -0.15) is 0 Å². The molecule has 3 rings (SSSR count). The van der Waals surface area contributed by atoms with E-state index >= 15 is 0 Å². The molecule has 2 aromatic carbocycles. The zero-order valence-corrected chi connectivity index (χ0v) is 14.8. The van der Waals surface area contributed by atoms with Gasteiger partial charge in [0.1, 0.15) is 0 Å². The van der Waals surface area contributed by atoms with Crippen molar-refractivity contribution in [2.45, 2.75) is 25.7 Å². The molecule has 1 aliphatic carbocycles. The fraction of sp³-hybridized carbons (Fsp3) is 0.190. The van der Waals surface area contributed by atoms with Crippen molar-refractivity contribution < 1.29 is 4.79 Å². The van der Waals surface area contributed by atoms with Crippen LogP contribution in [-0.2, 0) is 4.79 Å². The molecule has 0 aliphatic heterocycles. The van der Waals surface area contributed by atoms with Gasteiger partial charge in [-0.15, -0.1) is 0 Å². The Morgan fingerprint density at radius 3 is 1.62 bits per heavy atom. The van der Waals surface area contributed by atoms with Crippen molar-refractivity contribution in [1.82, 2.24) is 0 Å². The Balaban J connectivity index is 1.93. The third kappa shape index (κ3) is 4.37. The lowest BCUT2D eigenvalue weighted by Crippen LogP contribution is -2.03. The first-order valence-corrected chi connectivity index (χ1v) is 8.84. The fourth-order valence-electron chi connectivity index (χ4n) is 2.93. The molecule has 1 aliphatic rings. The molecule has 1 nitrogen and oxygen atoms in total. The average molecular weight is 357 g/mol. The second-order valence-electron chi connectivity index (χ2n) is 5.99. The number of hydrogen-bond acceptors (Lipinski definition) is 1. The van der Waals surface area contributed by atoms with Gasteiger partial charge >= 0.3 is 0 Å². The molecular formula is C21H18Cl2O. The lowest BCUT2D eigenvalue weighted by molar-refractivity contribution is -0.112. The molecule has 0 bridgehead atoms. The summed E-state index contributed by atoms with van der Waals surface area (Å²) in [7, 11) is 0. The number of rotatable bonds is 2. The normalized spacial score (nSPS) is 18.8. The Hall–Kier alpha value is -1.83. The van der Waals surface area contributed by atoms with E-state index in [2.05, 4.69) is 0 Å². The summed E-state index contributed by atoms with van der Waals surface area (Å²) in [5.41, 5.74) is 3.64. The van der Waals surface area contributed by atoms with E-state index in [0.29, 0.717) is 10.0 Å². The van der Waals surface area contributed by atoms with E-state index in [1.54, 1.807) is 0 Å². The number of benzene rings is 2. The number of Topliss-reactive ketones (excluding diaryl/α,β-unsaturated/α-hetero) is 1. The minimum absolute atomic E-state index is 0.132. The van der Waals surface area contributed by atoms with Gasteiger partial charge in [-0.05, 0) is 73.2 Å². The van der Waals surface area contributed by atoms with Crippen LogP contribution in [0.25, 0.3) is 12.2 Å². The first-order valence-electron chi connectivity index (χ1n) is 8.09. The second-order valence-corrected chi connectivity index (χ2v) is 6.86. The van der Waals surface area contributed by atoms with Crippen LogP contribution in [0.1, 0.15) is 36.8 Å². The summed E-state index contributed by atoms with van der Waals surface area (Å²) in [4.78, 5) is 12.9. The topological polar surface area (TPSA) is 17.1 Å². The first-order chi connectivity index (χ1) is 11.6. The van der Waals surface area contributed by atoms with Crippen LogP contribution in [0.15, 0.2) is 59.7 Å². The van der Waals surface area contributed by atoms with E-state index in [1.165, 1.54) is 0 Å². The number of allylic oxidation sites excluding steroid dienone is 2. The first kappa shape index (κ1) is 17.0. The molecule has 0 radical (unpaired) electrons. The van der Waals surface area contributed by atoms with Gasteiger partial charge in [0.15, 0.2) is 5.78 Å². The van der Waals surface area contributed by atoms with Crippen LogP contribution in [0.2, 0.25) is 10.0 Å². The minimum Gasteiger partial charge on any atom is -0.289 e. The third-order valence-electron chi connectivity index (χ3n) is 4.10. The maximum atomic E-state index is 12.9. The summed E-state index contributed by atoms with van der Waals surface area (Å²) >= 11 is 12.1. The van der Waals surface area contributed by atoms with E-state index in [9.17, 15) is 4.79 Å². The summed E-state index contributed by atoms with van der Waals surface area (Å²) < 4.78 is 0. The molecule has 3 heteroatoms. The number of hydrogen-bond donors (Lipinski definition) is 0. The van der Waals surface area contributed by atoms with Gasteiger partial charge in [0.2, 0.25) is 0 Å². The van der Waals surface area contributed by atoms with E-state index in [1.807, 2.05) is 60.7 Å². The average Bonchev–Trinajstić information content (AvgIpc) is 2.71. The van der Waals surface area contributed by atoms with Crippen molar-refractivity contribution in [3.05, 3.63) is 80.8 Å². The van der Waals surface area contributed by atoms with Crippen LogP contribution in [0.3, 0.4) is 0 Å². The maximum absolute atomic E-state index is 12.9. The molecule has 0 aromatic heterocycles. The maximum Gasteiger partial charge on any atom is 0.185 e. The molecule has 122 valence electrons. The van der Waals surface area contributed by atoms with Gasteiger partial charge in [-0.1, -0.05) is 47.5 Å².